The molecule has 1 aliphatic heterocycles. The van der Waals surface area contributed by atoms with Gasteiger partial charge >= 0.3 is 0 Å². The summed E-state index contributed by atoms with van der Waals surface area (Å²) in [4.78, 5) is 16.3. The fraction of sp³-hybridized carbons (Fsp3) is 0.588. The summed E-state index contributed by atoms with van der Waals surface area (Å²) in [5.74, 6) is 1.83. The smallest absolute Gasteiger partial charge is 0.156 e. The van der Waals surface area contributed by atoms with Crippen LogP contribution in [0.1, 0.15) is 56.1 Å². The molecule has 22 heavy (non-hydrogen) atoms. The highest BCUT2D eigenvalue weighted by molar-refractivity contribution is 5.23. The Morgan fingerprint density at radius 3 is 2.73 bits per heavy atom. The van der Waals surface area contributed by atoms with Crippen LogP contribution in [0.3, 0.4) is 0 Å². The Balaban J connectivity index is 1.63. The molecule has 0 spiro atoms. The van der Waals surface area contributed by atoms with Gasteiger partial charge in [0.1, 0.15) is 5.82 Å². The van der Waals surface area contributed by atoms with E-state index in [1.807, 2.05) is 36.3 Å². The number of imidazole rings is 1. The van der Waals surface area contributed by atoms with Crippen LogP contribution in [0.25, 0.3) is 5.82 Å². The van der Waals surface area contributed by atoms with Crippen LogP contribution in [-0.2, 0) is 0 Å². The van der Waals surface area contributed by atoms with Crippen molar-refractivity contribution in [2.45, 2.75) is 57.5 Å². The maximum absolute atomic E-state index is 4.90. The summed E-state index contributed by atoms with van der Waals surface area (Å²) >= 11 is 0. The first kappa shape index (κ1) is 13.9. The van der Waals surface area contributed by atoms with E-state index in [1.54, 1.807) is 0 Å². The van der Waals surface area contributed by atoms with E-state index in [0.717, 1.165) is 23.4 Å². The van der Waals surface area contributed by atoms with Crippen molar-refractivity contribution in [1.29, 1.82) is 0 Å². The van der Waals surface area contributed by atoms with Gasteiger partial charge in [-0.2, -0.15) is 0 Å². The zero-order valence-corrected chi connectivity index (χ0v) is 13.1. The van der Waals surface area contributed by atoms with Crippen LogP contribution in [0.4, 0.5) is 0 Å². The lowest BCUT2D eigenvalue weighted by Gasteiger charge is -2.30. The van der Waals surface area contributed by atoms with Crippen LogP contribution in [-0.4, -0.2) is 37.0 Å². The number of nitrogens with zero attached hydrogens (tertiary/aromatic N) is 5. The molecule has 1 unspecified atom stereocenters. The monoisotopic (exact) mass is 297 g/mol. The first-order chi connectivity index (χ1) is 10.8. The van der Waals surface area contributed by atoms with Gasteiger partial charge in [0.2, 0.25) is 0 Å². The third kappa shape index (κ3) is 2.43. The molecule has 1 saturated heterocycles. The van der Waals surface area contributed by atoms with E-state index in [1.165, 1.54) is 45.1 Å². The largest absolute Gasteiger partial charge is 0.292 e. The van der Waals surface area contributed by atoms with E-state index in [0.29, 0.717) is 6.04 Å². The number of hydrogen-bond acceptors (Lipinski definition) is 4. The molecule has 0 amide bonds. The lowest BCUT2D eigenvalue weighted by atomic mass is 10.1. The van der Waals surface area contributed by atoms with E-state index in [9.17, 15) is 0 Å². The summed E-state index contributed by atoms with van der Waals surface area (Å²) in [6.07, 6.45) is 15.5. The second-order valence-corrected chi connectivity index (χ2v) is 6.48. The van der Waals surface area contributed by atoms with E-state index in [4.69, 9.17) is 4.98 Å². The van der Waals surface area contributed by atoms with Crippen molar-refractivity contribution >= 4 is 0 Å². The van der Waals surface area contributed by atoms with Crippen molar-refractivity contribution in [3.63, 3.8) is 0 Å². The summed E-state index contributed by atoms with van der Waals surface area (Å²) in [5.41, 5.74) is 1.12. The highest BCUT2D eigenvalue weighted by atomic mass is 15.2. The third-order valence-corrected chi connectivity index (χ3v) is 5.14. The first-order valence-corrected chi connectivity index (χ1v) is 8.41. The molecule has 116 valence electrons. The number of rotatable bonds is 3. The average Bonchev–Trinajstić information content (AvgIpc) is 3.28. The predicted molar refractivity (Wildman–Crippen MR) is 84.8 cm³/mol. The minimum Gasteiger partial charge on any atom is -0.292 e. The second kappa shape index (κ2) is 5.80. The lowest BCUT2D eigenvalue weighted by Crippen LogP contribution is -2.33. The molecule has 2 fully saturated rings. The van der Waals surface area contributed by atoms with Crippen LogP contribution >= 0.6 is 0 Å². The first-order valence-electron chi connectivity index (χ1n) is 8.41. The molecule has 5 nitrogen and oxygen atoms in total. The van der Waals surface area contributed by atoms with Crippen molar-refractivity contribution in [3.05, 3.63) is 36.3 Å². The van der Waals surface area contributed by atoms with E-state index in [-0.39, 0.29) is 0 Å². The molecule has 1 atom stereocenters. The zero-order valence-electron chi connectivity index (χ0n) is 13.1. The topological polar surface area (TPSA) is 46.8 Å². The SMILES string of the molecule is Cc1nccn1-c1cncc(C2CCCN2C2CCCC2)n1. The summed E-state index contributed by atoms with van der Waals surface area (Å²) in [7, 11) is 0. The molecule has 0 aromatic carbocycles. The molecular formula is C17H23N5. The van der Waals surface area contributed by atoms with Crippen molar-refractivity contribution < 1.29 is 0 Å². The Hall–Kier alpha value is -1.75. The number of likely N-dealkylation sites (tertiary alicyclic amines) is 1. The van der Waals surface area contributed by atoms with Crippen LogP contribution in [0.5, 0.6) is 0 Å². The molecule has 1 aliphatic carbocycles. The van der Waals surface area contributed by atoms with E-state index >= 15 is 0 Å². The molecule has 5 heteroatoms. The van der Waals surface area contributed by atoms with Gasteiger partial charge in [0.15, 0.2) is 5.82 Å². The van der Waals surface area contributed by atoms with Crippen molar-refractivity contribution in [2.24, 2.45) is 0 Å². The van der Waals surface area contributed by atoms with Crippen LogP contribution < -0.4 is 0 Å². The van der Waals surface area contributed by atoms with Crippen LogP contribution in [0, 0.1) is 6.92 Å². The lowest BCUT2D eigenvalue weighted by molar-refractivity contribution is 0.179. The fourth-order valence-corrected chi connectivity index (χ4v) is 4.05. The van der Waals surface area contributed by atoms with Gasteiger partial charge in [0, 0.05) is 18.4 Å². The molecule has 0 bridgehead atoms. The summed E-state index contributed by atoms with van der Waals surface area (Å²) in [6, 6.07) is 1.20. The molecule has 2 aromatic heterocycles. The Bertz CT molecular complexity index is 644. The molecule has 2 aliphatic rings. The van der Waals surface area contributed by atoms with Crippen molar-refractivity contribution in [2.75, 3.05) is 6.54 Å². The molecule has 4 rings (SSSR count). The predicted octanol–water partition coefficient (Wildman–Crippen LogP) is 3.05. The van der Waals surface area contributed by atoms with Gasteiger partial charge < -0.3 is 0 Å². The highest BCUT2D eigenvalue weighted by Crippen LogP contribution is 2.37. The van der Waals surface area contributed by atoms with Gasteiger partial charge in [-0.25, -0.2) is 9.97 Å². The zero-order chi connectivity index (χ0) is 14.9. The van der Waals surface area contributed by atoms with Crippen LogP contribution in [0.15, 0.2) is 24.8 Å². The fourth-order valence-electron chi connectivity index (χ4n) is 4.05. The van der Waals surface area contributed by atoms with E-state index < -0.39 is 0 Å². The minimum absolute atomic E-state index is 0.444. The molecule has 1 saturated carbocycles. The molecule has 0 N–H and O–H groups in total. The van der Waals surface area contributed by atoms with Crippen LogP contribution in [0.2, 0.25) is 0 Å². The van der Waals surface area contributed by atoms with Crippen molar-refractivity contribution in [3.8, 4) is 5.82 Å². The van der Waals surface area contributed by atoms with Gasteiger partial charge in [-0.05, 0) is 39.2 Å². The third-order valence-electron chi connectivity index (χ3n) is 5.14. The highest BCUT2D eigenvalue weighted by Gasteiger charge is 2.34. The second-order valence-electron chi connectivity index (χ2n) is 6.48. The normalized spacial score (nSPS) is 23.4. The Morgan fingerprint density at radius 2 is 1.95 bits per heavy atom. The van der Waals surface area contributed by atoms with Gasteiger partial charge in [-0.3, -0.25) is 14.5 Å². The Labute approximate surface area is 131 Å². The van der Waals surface area contributed by atoms with Crippen molar-refractivity contribution in [1.82, 2.24) is 24.4 Å². The Kier molecular flexibility index (Phi) is 3.66. The number of aryl methyl sites for hydroxylation is 1. The van der Waals surface area contributed by atoms with Gasteiger partial charge in [0.05, 0.1) is 24.1 Å². The average molecular weight is 297 g/mol. The van der Waals surface area contributed by atoms with E-state index in [2.05, 4.69) is 14.9 Å². The number of hydrogen-bond donors (Lipinski definition) is 0. The molecule has 3 heterocycles. The minimum atomic E-state index is 0.444. The maximum atomic E-state index is 4.90. The summed E-state index contributed by atoms with van der Waals surface area (Å²) < 4.78 is 2.01. The maximum Gasteiger partial charge on any atom is 0.156 e. The number of aromatic nitrogens is 4. The molecule has 0 radical (unpaired) electrons. The Morgan fingerprint density at radius 1 is 1.09 bits per heavy atom. The summed E-state index contributed by atoms with van der Waals surface area (Å²) in [6.45, 7) is 3.21. The standard InChI is InChI=1S/C17H23N5/c1-13-19-8-10-21(13)17-12-18-11-15(20-17)16-7-4-9-22(16)14-5-2-3-6-14/h8,10-12,14,16H,2-7,9H2,1H3. The molecular weight excluding hydrogens is 274 g/mol. The summed E-state index contributed by atoms with van der Waals surface area (Å²) in [5, 5.41) is 0. The van der Waals surface area contributed by atoms with Gasteiger partial charge in [-0.15, -0.1) is 0 Å². The quantitative estimate of drug-likeness (QED) is 0.873. The molecule has 2 aromatic rings. The van der Waals surface area contributed by atoms with Gasteiger partial charge in [0.25, 0.3) is 0 Å². The van der Waals surface area contributed by atoms with Gasteiger partial charge in [-0.1, -0.05) is 12.8 Å².